The van der Waals surface area contributed by atoms with E-state index in [9.17, 15) is 9.59 Å². The molecule has 0 unspecified atom stereocenters. The Balaban J connectivity index is 2.12. The molecule has 1 atom stereocenters. The monoisotopic (exact) mass is 311 g/mol. The molecule has 1 aliphatic heterocycles. The summed E-state index contributed by atoms with van der Waals surface area (Å²) in [6, 6.07) is 5.43. The first-order valence-electron chi connectivity index (χ1n) is 5.77. The van der Waals surface area contributed by atoms with E-state index in [1.165, 1.54) is 0 Å². The van der Waals surface area contributed by atoms with Crippen LogP contribution in [0.15, 0.2) is 22.7 Å². The summed E-state index contributed by atoms with van der Waals surface area (Å²) in [4.78, 5) is 24.7. The van der Waals surface area contributed by atoms with Crippen LogP contribution in [-0.2, 0) is 4.79 Å². The SMILES string of the molecule is Cc1ccc(C(=O)N2CC[C@H](C(=O)O)C2)cc1Br. The van der Waals surface area contributed by atoms with E-state index >= 15 is 0 Å². The number of hydrogen-bond acceptors (Lipinski definition) is 2. The second-order valence-electron chi connectivity index (χ2n) is 4.54. The maximum Gasteiger partial charge on any atom is 0.308 e. The van der Waals surface area contributed by atoms with Crippen molar-refractivity contribution < 1.29 is 14.7 Å². The fourth-order valence-corrected chi connectivity index (χ4v) is 2.43. The molecule has 1 aromatic rings. The summed E-state index contributed by atoms with van der Waals surface area (Å²) in [6.07, 6.45) is 0.536. The van der Waals surface area contributed by atoms with Gasteiger partial charge in [-0.05, 0) is 31.0 Å². The summed E-state index contributed by atoms with van der Waals surface area (Å²) in [5.74, 6) is -1.35. The molecule has 1 heterocycles. The van der Waals surface area contributed by atoms with Gasteiger partial charge in [0.05, 0.1) is 5.92 Å². The number of carboxylic acid groups (broad SMARTS) is 1. The van der Waals surface area contributed by atoms with Crippen LogP contribution in [0.2, 0.25) is 0 Å². The van der Waals surface area contributed by atoms with E-state index in [1.54, 1.807) is 17.0 Å². The number of carbonyl (C=O) groups excluding carboxylic acids is 1. The van der Waals surface area contributed by atoms with Gasteiger partial charge < -0.3 is 10.0 Å². The first kappa shape index (κ1) is 13.1. The molecule has 1 N–H and O–H groups in total. The van der Waals surface area contributed by atoms with Gasteiger partial charge >= 0.3 is 5.97 Å². The zero-order valence-corrected chi connectivity index (χ0v) is 11.6. The van der Waals surface area contributed by atoms with Crippen molar-refractivity contribution in [3.63, 3.8) is 0 Å². The minimum Gasteiger partial charge on any atom is -0.481 e. The Kier molecular flexibility index (Phi) is 3.71. The van der Waals surface area contributed by atoms with Crippen LogP contribution < -0.4 is 0 Å². The van der Waals surface area contributed by atoms with E-state index < -0.39 is 11.9 Å². The summed E-state index contributed by atoms with van der Waals surface area (Å²) < 4.78 is 0.891. The lowest BCUT2D eigenvalue weighted by molar-refractivity contribution is -0.141. The van der Waals surface area contributed by atoms with Gasteiger partial charge in [-0.2, -0.15) is 0 Å². The maximum atomic E-state index is 12.2. The van der Waals surface area contributed by atoms with Crippen LogP contribution in [0.5, 0.6) is 0 Å². The number of aryl methyl sites for hydroxylation is 1. The van der Waals surface area contributed by atoms with Crippen molar-refractivity contribution in [2.24, 2.45) is 5.92 Å². The highest BCUT2D eigenvalue weighted by molar-refractivity contribution is 9.10. The van der Waals surface area contributed by atoms with Gasteiger partial charge in [-0.15, -0.1) is 0 Å². The Labute approximate surface area is 114 Å². The van der Waals surface area contributed by atoms with Crippen LogP contribution in [0.25, 0.3) is 0 Å². The average Bonchev–Trinajstić information content (AvgIpc) is 2.81. The van der Waals surface area contributed by atoms with Crippen molar-refractivity contribution in [2.45, 2.75) is 13.3 Å². The molecule has 2 rings (SSSR count). The Bertz CT molecular complexity index is 501. The zero-order valence-electron chi connectivity index (χ0n) is 10.0. The highest BCUT2D eigenvalue weighted by Crippen LogP contribution is 2.22. The predicted molar refractivity (Wildman–Crippen MR) is 70.5 cm³/mol. The molecule has 1 saturated heterocycles. The fraction of sp³-hybridized carbons (Fsp3) is 0.385. The molecule has 18 heavy (non-hydrogen) atoms. The van der Waals surface area contributed by atoms with Crippen LogP contribution in [0.3, 0.4) is 0 Å². The summed E-state index contributed by atoms with van der Waals surface area (Å²) in [6.45, 7) is 2.77. The smallest absolute Gasteiger partial charge is 0.308 e. The second-order valence-corrected chi connectivity index (χ2v) is 5.39. The van der Waals surface area contributed by atoms with E-state index in [0.717, 1.165) is 10.0 Å². The van der Waals surface area contributed by atoms with Crippen LogP contribution in [-0.4, -0.2) is 35.0 Å². The standard InChI is InChI=1S/C13H14BrNO3/c1-8-2-3-9(6-11(8)14)12(16)15-5-4-10(7-15)13(17)18/h2-3,6,10H,4-5,7H2,1H3,(H,17,18)/t10-/m0/s1. The van der Waals surface area contributed by atoms with Crippen LogP contribution in [0.1, 0.15) is 22.3 Å². The van der Waals surface area contributed by atoms with Crippen LogP contribution in [0.4, 0.5) is 0 Å². The summed E-state index contributed by atoms with van der Waals surface area (Å²) in [7, 11) is 0. The molecule has 0 radical (unpaired) electrons. The lowest BCUT2D eigenvalue weighted by Gasteiger charge is -2.16. The van der Waals surface area contributed by atoms with Gasteiger partial charge in [0, 0.05) is 23.1 Å². The fourth-order valence-electron chi connectivity index (χ4n) is 2.05. The molecule has 5 heteroatoms. The van der Waals surface area contributed by atoms with Gasteiger partial charge in [0.15, 0.2) is 0 Å². The average molecular weight is 312 g/mol. The topological polar surface area (TPSA) is 57.6 Å². The normalized spacial score (nSPS) is 19.0. The number of halogens is 1. The molecule has 1 fully saturated rings. The Morgan fingerprint density at radius 1 is 1.44 bits per heavy atom. The first-order chi connectivity index (χ1) is 8.49. The second kappa shape index (κ2) is 5.10. The van der Waals surface area contributed by atoms with Crippen molar-refractivity contribution in [2.75, 3.05) is 13.1 Å². The molecule has 0 saturated carbocycles. The molecule has 1 aliphatic rings. The number of amides is 1. The molecular weight excluding hydrogens is 298 g/mol. The minimum atomic E-state index is -0.824. The minimum absolute atomic E-state index is 0.0977. The zero-order chi connectivity index (χ0) is 13.3. The predicted octanol–water partition coefficient (Wildman–Crippen LogP) is 2.30. The third kappa shape index (κ3) is 2.56. The third-order valence-electron chi connectivity index (χ3n) is 3.24. The van der Waals surface area contributed by atoms with E-state index in [4.69, 9.17) is 5.11 Å². The highest BCUT2D eigenvalue weighted by Gasteiger charge is 2.31. The molecule has 0 aromatic heterocycles. The van der Waals surface area contributed by atoms with Gasteiger partial charge in [0.2, 0.25) is 0 Å². The number of benzene rings is 1. The van der Waals surface area contributed by atoms with E-state index in [-0.39, 0.29) is 5.91 Å². The number of likely N-dealkylation sites (tertiary alicyclic amines) is 1. The largest absolute Gasteiger partial charge is 0.481 e. The van der Waals surface area contributed by atoms with E-state index in [0.29, 0.717) is 25.1 Å². The van der Waals surface area contributed by atoms with E-state index in [1.807, 2.05) is 13.0 Å². The first-order valence-corrected chi connectivity index (χ1v) is 6.56. The Morgan fingerprint density at radius 2 is 2.17 bits per heavy atom. The molecule has 1 amide bonds. The number of nitrogens with zero attached hydrogens (tertiary/aromatic N) is 1. The van der Waals surface area contributed by atoms with Gasteiger partial charge in [0.25, 0.3) is 5.91 Å². The number of rotatable bonds is 2. The summed E-state index contributed by atoms with van der Waals surface area (Å²) in [5, 5.41) is 8.92. The van der Waals surface area contributed by atoms with Crippen molar-refractivity contribution in [1.82, 2.24) is 4.90 Å². The Morgan fingerprint density at radius 3 is 2.72 bits per heavy atom. The maximum absolute atomic E-state index is 12.2. The summed E-state index contributed by atoms with van der Waals surface area (Å²) >= 11 is 3.39. The van der Waals surface area contributed by atoms with Crippen molar-refractivity contribution in [3.8, 4) is 0 Å². The molecule has 96 valence electrons. The number of aliphatic carboxylic acids is 1. The molecule has 4 nitrogen and oxygen atoms in total. The van der Waals surface area contributed by atoms with Gasteiger partial charge in [-0.3, -0.25) is 9.59 Å². The number of hydrogen-bond donors (Lipinski definition) is 1. The van der Waals surface area contributed by atoms with Gasteiger partial charge in [-0.25, -0.2) is 0 Å². The third-order valence-corrected chi connectivity index (χ3v) is 4.10. The molecule has 0 bridgehead atoms. The van der Waals surface area contributed by atoms with Crippen LogP contribution in [0, 0.1) is 12.8 Å². The van der Waals surface area contributed by atoms with Crippen molar-refractivity contribution >= 4 is 27.8 Å². The molecule has 0 spiro atoms. The molecular formula is C13H14BrNO3. The Hall–Kier alpha value is -1.36. The highest BCUT2D eigenvalue weighted by atomic mass is 79.9. The lowest BCUT2D eigenvalue weighted by Crippen LogP contribution is -2.29. The lowest BCUT2D eigenvalue weighted by atomic mass is 10.1. The summed E-state index contributed by atoms with van der Waals surface area (Å²) in [5.41, 5.74) is 1.66. The number of carbonyl (C=O) groups is 2. The molecule has 0 aliphatic carbocycles. The van der Waals surface area contributed by atoms with Gasteiger partial charge in [-0.1, -0.05) is 22.0 Å². The molecule has 1 aromatic carbocycles. The quantitative estimate of drug-likeness (QED) is 0.911. The number of carboxylic acids is 1. The van der Waals surface area contributed by atoms with Crippen molar-refractivity contribution in [1.29, 1.82) is 0 Å². The van der Waals surface area contributed by atoms with Crippen LogP contribution >= 0.6 is 15.9 Å². The van der Waals surface area contributed by atoms with Gasteiger partial charge in [0.1, 0.15) is 0 Å². The van der Waals surface area contributed by atoms with E-state index in [2.05, 4.69) is 15.9 Å². The van der Waals surface area contributed by atoms with Crippen molar-refractivity contribution in [3.05, 3.63) is 33.8 Å².